The second-order valence-electron chi connectivity index (χ2n) is 7.33. The number of carbonyl (C=O) groups is 1. The summed E-state index contributed by atoms with van der Waals surface area (Å²) in [5, 5.41) is 0. The summed E-state index contributed by atoms with van der Waals surface area (Å²) in [5.74, 6) is 1.55. The molecule has 1 aromatic carbocycles. The molecule has 0 radical (unpaired) electrons. The standard InChI is InChI=1S/C21H25N3O2/c1-3-26-18-8-5-4-7-17(18)20(25)24-12-6-10-21(14-24)11-9-16-13-22-15(2)23-19(16)21/h4-5,7-8,13H,3,6,9-12,14H2,1-2H3. The van der Waals surface area contributed by atoms with Crippen molar-refractivity contribution in [2.45, 2.75) is 44.9 Å². The van der Waals surface area contributed by atoms with Gasteiger partial charge in [-0.05, 0) is 57.2 Å². The molecule has 26 heavy (non-hydrogen) atoms. The number of rotatable bonds is 3. The van der Waals surface area contributed by atoms with E-state index in [0.717, 1.165) is 44.6 Å². The molecule has 1 spiro atoms. The van der Waals surface area contributed by atoms with Crippen LogP contribution in [0.3, 0.4) is 0 Å². The molecular weight excluding hydrogens is 326 g/mol. The highest BCUT2D eigenvalue weighted by Crippen LogP contribution is 2.44. The van der Waals surface area contributed by atoms with E-state index in [1.807, 2.05) is 49.2 Å². The van der Waals surface area contributed by atoms with Gasteiger partial charge in [-0.2, -0.15) is 0 Å². The molecule has 5 heteroatoms. The Labute approximate surface area is 154 Å². The molecule has 5 nitrogen and oxygen atoms in total. The van der Waals surface area contributed by atoms with Crippen molar-refractivity contribution in [1.29, 1.82) is 0 Å². The fourth-order valence-corrected chi connectivity index (χ4v) is 4.43. The van der Waals surface area contributed by atoms with Gasteiger partial charge in [0.25, 0.3) is 5.91 Å². The quantitative estimate of drug-likeness (QED) is 0.851. The van der Waals surface area contributed by atoms with E-state index >= 15 is 0 Å². The van der Waals surface area contributed by atoms with Crippen molar-refractivity contribution in [3.63, 3.8) is 0 Å². The summed E-state index contributed by atoms with van der Waals surface area (Å²) in [4.78, 5) is 24.3. The van der Waals surface area contributed by atoms with Gasteiger partial charge in [-0.1, -0.05) is 12.1 Å². The van der Waals surface area contributed by atoms with E-state index in [0.29, 0.717) is 17.9 Å². The first kappa shape index (κ1) is 17.0. The molecule has 0 bridgehead atoms. The number of fused-ring (bicyclic) bond motifs is 2. The number of benzene rings is 1. The molecule has 0 N–H and O–H groups in total. The predicted molar refractivity (Wildman–Crippen MR) is 99.5 cm³/mol. The van der Waals surface area contributed by atoms with Gasteiger partial charge < -0.3 is 9.64 Å². The Morgan fingerprint density at radius 2 is 2.15 bits per heavy atom. The van der Waals surface area contributed by atoms with Crippen LogP contribution in [-0.4, -0.2) is 40.5 Å². The summed E-state index contributed by atoms with van der Waals surface area (Å²) in [6.07, 6.45) is 6.13. The first-order valence-electron chi connectivity index (χ1n) is 9.47. The molecule has 1 fully saturated rings. The van der Waals surface area contributed by atoms with Gasteiger partial charge in [0.2, 0.25) is 0 Å². The molecule has 136 valence electrons. The Bertz CT molecular complexity index is 832. The van der Waals surface area contributed by atoms with Crippen LogP contribution in [0.25, 0.3) is 0 Å². The van der Waals surface area contributed by atoms with E-state index in [1.165, 1.54) is 11.3 Å². The van der Waals surface area contributed by atoms with Crippen molar-refractivity contribution < 1.29 is 9.53 Å². The number of ether oxygens (including phenoxy) is 1. The van der Waals surface area contributed by atoms with Crippen molar-refractivity contribution in [3.8, 4) is 5.75 Å². The molecule has 4 rings (SSSR count). The number of para-hydroxylation sites is 1. The largest absolute Gasteiger partial charge is 0.493 e. The topological polar surface area (TPSA) is 55.3 Å². The van der Waals surface area contributed by atoms with Gasteiger partial charge in [-0.3, -0.25) is 4.79 Å². The maximum Gasteiger partial charge on any atom is 0.257 e. The third-order valence-electron chi connectivity index (χ3n) is 5.64. The number of amides is 1. The average molecular weight is 351 g/mol. The van der Waals surface area contributed by atoms with Gasteiger partial charge in [0.1, 0.15) is 11.6 Å². The highest BCUT2D eigenvalue weighted by Gasteiger charge is 2.44. The van der Waals surface area contributed by atoms with Crippen molar-refractivity contribution in [3.05, 3.63) is 53.1 Å². The maximum atomic E-state index is 13.2. The number of hydrogen-bond acceptors (Lipinski definition) is 4. The first-order chi connectivity index (χ1) is 12.6. The van der Waals surface area contributed by atoms with Crippen LogP contribution < -0.4 is 4.74 Å². The van der Waals surface area contributed by atoms with Gasteiger partial charge in [0.05, 0.1) is 17.9 Å². The fourth-order valence-electron chi connectivity index (χ4n) is 4.43. The highest BCUT2D eigenvalue weighted by molar-refractivity contribution is 5.97. The van der Waals surface area contributed by atoms with Crippen LogP contribution in [0.4, 0.5) is 0 Å². The van der Waals surface area contributed by atoms with Gasteiger partial charge in [0, 0.05) is 24.7 Å². The molecular formula is C21H25N3O2. The molecule has 2 aromatic rings. The van der Waals surface area contributed by atoms with E-state index in [1.54, 1.807) is 0 Å². The Kier molecular flexibility index (Phi) is 4.39. The monoisotopic (exact) mass is 351 g/mol. The summed E-state index contributed by atoms with van der Waals surface area (Å²) < 4.78 is 5.67. The summed E-state index contributed by atoms with van der Waals surface area (Å²) in [5.41, 5.74) is 3.06. The number of likely N-dealkylation sites (tertiary alicyclic amines) is 1. The van der Waals surface area contributed by atoms with E-state index in [2.05, 4.69) is 4.98 Å². The Hall–Kier alpha value is -2.43. The van der Waals surface area contributed by atoms with Crippen molar-refractivity contribution in [2.24, 2.45) is 0 Å². The second-order valence-corrected chi connectivity index (χ2v) is 7.33. The highest BCUT2D eigenvalue weighted by atomic mass is 16.5. The summed E-state index contributed by atoms with van der Waals surface area (Å²) >= 11 is 0. The molecule has 1 aromatic heterocycles. The molecule has 1 amide bonds. The SMILES string of the molecule is CCOc1ccccc1C(=O)N1CCCC2(CCc3cnc(C)nc32)C1. The van der Waals surface area contributed by atoms with Crippen molar-refractivity contribution in [2.75, 3.05) is 19.7 Å². The number of nitrogens with zero attached hydrogens (tertiary/aromatic N) is 3. The van der Waals surface area contributed by atoms with Crippen LogP contribution in [0.5, 0.6) is 5.75 Å². The second kappa shape index (κ2) is 6.71. The van der Waals surface area contributed by atoms with E-state index in [4.69, 9.17) is 9.72 Å². The minimum atomic E-state index is -0.0164. The minimum Gasteiger partial charge on any atom is -0.493 e. The normalized spacial score (nSPS) is 21.7. The number of aromatic nitrogens is 2. The van der Waals surface area contributed by atoms with Crippen LogP contribution in [0.2, 0.25) is 0 Å². The lowest BCUT2D eigenvalue weighted by Gasteiger charge is -2.40. The summed E-state index contributed by atoms with van der Waals surface area (Å²) in [6.45, 7) is 5.96. The third-order valence-corrected chi connectivity index (χ3v) is 5.64. The fraction of sp³-hybridized carbons (Fsp3) is 0.476. The predicted octanol–water partition coefficient (Wildman–Crippen LogP) is 3.30. The zero-order valence-electron chi connectivity index (χ0n) is 15.5. The van der Waals surface area contributed by atoms with Gasteiger partial charge in [-0.15, -0.1) is 0 Å². The number of carbonyl (C=O) groups excluding carboxylic acids is 1. The van der Waals surface area contributed by atoms with Gasteiger partial charge >= 0.3 is 0 Å². The summed E-state index contributed by atoms with van der Waals surface area (Å²) in [7, 11) is 0. The zero-order valence-corrected chi connectivity index (χ0v) is 15.5. The van der Waals surface area contributed by atoms with Crippen LogP contribution in [0, 0.1) is 6.92 Å². The van der Waals surface area contributed by atoms with E-state index in [-0.39, 0.29) is 11.3 Å². The minimum absolute atomic E-state index is 0.0164. The Balaban J connectivity index is 1.63. The molecule has 0 saturated carbocycles. The van der Waals surface area contributed by atoms with Crippen LogP contribution in [0.1, 0.15) is 53.6 Å². The molecule has 2 aliphatic rings. The van der Waals surface area contributed by atoms with Crippen LogP contribution in [0.15, 0.2) is 30.5 Å². The molecule has 1 aliphatic carbocycles. The third kappa shape index (κ3) is 2.85. The Morgan fingerprint density at radius 3 is 3.00 bits per heavy atom. The molecule has 1 saturated heterocycles. The zero-order chi connectivity index (χ0) is 18.1. The van der Waals surface area contributed by atoms with Crippen LogP contribution >= 0.6 is 0 Å². The first-order valence-corrected chi connectivity index (χ1v) is 9.47. The lowest BCUT2D eigenvalue weighted by Crippen LogP contribution is -2.48. The Morgan fingerprint density at radius 1 is 1.31 bits per heavy atom. The van der Waals surface area contributed by atoms with Gasteiger partial charge in [-0.25, -0.2) is 9.97 Å². The average Bonchev–Trinajstić information content (AvgIpc) is 2.99. The lowest BCUT2D eigenvalue weighted by molar-refractivity contribution is 0.0629. The molecule has 1 atom stereocenters. The number of piperidine rings is 1. The van der Waals surface area contributed by atoms with Crippen LogP contribution in [-0.2, 0) is 11.8 Å². The lowest BCUT2D eigenvalue weighted by atomic mass is 9.77. The van der Waals surface area contributed by atoms with Crippen molar-refractivity contribution >= 4 is 5.91 Å². The summed E-state index contributed by atoms with van der Waals surface area (Å²) in [6, 6.07) is 7.55. The van der Waals surface area contributed by atoms with E-state index in [9.17, 15) is 4.79 Å². The molecule has 1 aliphatic heterocycles. The molecule has 2 heterocycles. The number of aryl methyl sites for hydroxylation is 2. The smallest absolute Gasteiger partial charge is 0.257 e. The molecule has 1 unspecified atom stereocenters. The van der Waals surface area contributed by atoms with E-state index < -0.39 is 0 Å². The maximum absolute atomic E-state index is 13.2. The number of hydrogen-bond donors (Lipinski definition) is 0. The van der Waals surface area contributed by atoms with Crippen molar-refractivity contribution in [1.82, 2.24) is 14.9 Å². The van der Waals surface area contributed by atoms with Gasteiger partial charge in [0.15, 0.2) is 0 Å².